The van der Waals surface area contributed by atoms with Crippen molar-refractivity contribution in [2.24, 2.45) is 0 Å². The quantitative estimate of drug-likeness (QED) is 0.0441. The predicted molar refractivity (Wildman–Crippen MR) is 227 cm³/mol. The summed E-state index contributed by atoms with van der Waals surface area (Å²) >= 11 is 0. The topological polar surface area (TPSA) is 0 Å². The van der Waals surface area contributed by atoms with Gasteiger partial charge in [0.2, 0.25) is 0 Å². The van der Waals surface area contributed by atoms with E-state index in [4.69, 9.17) is 0 Å². The van der Waals surface area contributed by atoms with Gasteiger partial charge in [-0.25, -0.2) is 0 Å². The maximum Gasteiger partial charge on any atom is 0.0833 e. The van der Waals surface area contributed by atoms with Gasteiger partial charge in [-0.05, 0) is 52.4 Å². The molecule has 0 bridgehead atoms. The molecule has 0 rings (SSSR count). The fraction of sp³-hybridized carbons (Fsp3) is 1.00. The smallest absolute Gasteiger partial charge is 0.0833 e. The van der Waals surface area contributed by atoms with Gasteiger partial charge < -0.3 is 4.48 Å². The van der Waals surface area contributed by atoms with E-state index in [0.717, 1.165) is 6.04 Å². The lowest BCUT2D eigenvalue weighted by Gasteiger charge is -2.43. The van der Waals surface area contributed by atoms with Crippen LogP contribution in [0.5, 0.6) is 0 Å². The van der Waals surface area contributed by atoms with Crippen molar-refractivity contribution in [1.82, 2.24) is 0 Å². The molecule has 0 aliphatic rings. The Morgan fingerprint density at radius 3 is 0.510 bits per heavy atom. The maximum atomic E-state index is 2.56. The Balaban J connectivity index is 4.35. The Morgan fingerprint density at radius 2 is 0.367 bits per heavy atom. The average molecular weight is 691 g/mol. The molecular weight excluding hydrogens is 591 g/mol. The summed E-state index contributed by atoms with van der Waals surface area (Å²) in [5.74, 6) is 0. The van der Waals surface area contributed by atoms with E-state index in [1.165, 1.54) is 275 Å². The van der Waals surface area contributed by atoms with Gasteiger partial charge in [0.25, 0.3) is 0 Å². The monoisotopic (exact) mass is 691 g/mol. The van der Waals surface area contributed by atoms with Crippen LogP contribution in [0.4, 0.5) is 0 Å². The summed E-state index contributed by atoms with van der Waals surface area (Å²) in [6.07, 6.45) is 57.2. The third kappa shape index (κ3) is 34.8. The van der Waals surface area contributed by atoms with E-state index < -0.39 is 0 Å². The van der Waals surface area contributed by atoms with Crippen LogP contribution >= 0.6 is 0 Å². The first kappa shape index (κ1) is 49.0. The largest absolute Gasteiger partial charge is 0.322 e. The molecule has 0 aliphatic heterocycles. The molecule has 0 aromatic heterocycles. The highest BCUT2D eigenvalue weighted by Gasteiger charge is 2.29. The molecule has 1 heteroatoms. The zero-order valence-corrected chi connectivity index (χ0v) is 35.7. The number of unbranched alkanes of at least 4 members (excludes halogenated alkanes) is 36. The van der Waals surface area contributed by atoms with Gasteiger partial charge in [0, 0.05) is 0 Å². The molecule has 0 aromatic carbocycles. The normalized spacial score (nSPS) is 12.1. The highest BCUT2D eigenvalue weighted by molar-refractivity contribution is 4.57. The Bertz CT molecular complexity index is 508. The lowest BCUT2D eigenvalue weighted by molar-refractivity contribution is -0.948. The van der Waals surface area contributed by atoms with Crippen LogP contribution in [0.3, 0.4) is 0 Å². The van der Waals surface area contributed by atoms with E-state index >= 15 is 0 Å². The summed E-state index contributed by atoms with van der Waals surface area (Å²) < 4.78 is 1.42. The van der Waals surface area contributed by atoms with Crippen molar-refractivity contribution >= 4 is 0 Å². The second-order valence-corrected chi connectivity index (χ2v) is 17.2. The van der Waals surface area contributed by atoms with E-state index in [-0.39, 0.29) is 0 Å². The lowest BCUT2D eigenvalue weighted by Crippen LogP contribution is -2.55. The summed E-state index contributed by atoms with van der Waals surface area (Å²) in [4.78, 5) is 0. The van der Waals surface area contributed by atoms with E-state index in [0.29, 0.717) is 0 Å². The SMILES string of the molecule is CCCCCCCCCCCCCCC[N+](CCCCCCCCCCCCCCC)(CCCCCCCCCCCCCCC)C(C)C. The zero-order valence-electron chi connectivity index (χ0n) is 35.7. The molecule has 0 saturated heterocycles. The zero-order chi connectivity index (χ0) is 35.8. The molecule has 0 amide bonds. The van der Waals surface area contributed by atoms with Crippen LogP contribution < -0.4 is 0 Å². The molecule has 49 heavy (non-hydrogen) atoms. The molecule has 296 valence electrons. The molecule has 0 radical (unpaired) electrons. The molecule has 0 spiro atoms. The highest BCUT2D eigenvalue weighted by Crippen LogP contribution is 2.23. The van der Waals surface area contributed by atoms with Gasteiger partial charge in [0.1, 0.15) is 0 Å². The molecule has 0 atom stereocenters. The van der Waals surface area contributed by atoms with E-state index in [1.54, 1.807) is 0 Å². The van der Waals surface area contributed by atoms with Crippen molar-refractivity contribution in [3.63, 3.8) is 0 Å². The maximum absolute atomic E-state index is 2.56. The molecule has 0 N–H and O–H groups in total. The standard InChI is InChI=1S/C48H100N/c1-6-9-12-15-18-21-24-27-30-33-36-39-42-45-49(48(4)5,46-43-40-37-34-31-28-25-22-19-16-13-10-7-2)47-44-41-38-35-32-29-26-23-20-17-14-11-8-3/h48H,6-47H2,1-5H3/q+1. The third-order valence-electron chi connectivity index (χ3n) is 12.2. The van der Waals surface area contributed by atoms with Crippen molar-refractivity contribution in [2.45, 2.75) is 291 Å². The van der Waals surface area contributed by atoms with Gasteiger partial charge in [-0.2, -0.15) is 0 Å². The van der Waals surface area contributed by atoms with Gasteiger partial charge in [0.15, 0.2) is 0 Å². The molecular formula is C48H100N+. The van der Waals surface area contributed by atoms with Gasteiger partial charge in [-0.15, -0.1) is 0 Å². The van der Waals surface area contributed by atoms with Crippen LogP contribution in [0, 0.1) is 0 Å². The van der Waals surface area contributed by atoms with Gasteiger partial charge in [0.05, 0.1) is 25.7 Å². The molecule has 0 fully saturated rings. The number of nitrogens with zero attached hydrogens (tertiary/aromatic N) is 1. The Morgan fingerprint density at radius 1 is 0.224 bits per heavy atom. The van der Waals surface area contributed by atoms with E-state index in [1.807, 2.05) is 0 Å². The van der Waals surface area contributed by atoms with Crippen LogP contribution in [-0.2, 0) is 0 Å². The predicted octanol–water partition coefficient (Wildman–Crippen LogP) is 17.5. The van der Waals surface area contributed by atoms with Crippen LogP contribution in [0.25, 0.3) is 0 Å². The number of hydrogen-bond donors (Lipinski definition) is 0. The van der Waals surface area contributed by atoms with Crippen molar-refractivity contribution in [1.29, 1.82) is 0 Å². The minimum Gasteiger partial charge on any atom is -0.322 e. The van der Waals surface area contributed by atoms with Crippen molar-refractivity contribution < 1.29 is 4.48 Å². The molecule has 0 heterocycles. The summed E-state index contributed by atoms with van der Waals surface area (Å²) in [5.41, 5.74) is 0. The Labute approximate surface area is 314 Å². The molecule has 0 unspecified atom stereocenters. The first-order chi connectivity index (χ1) is 24.1. The van der Waals surface area contributed by atoms with Crippen LogP contribution in [-0.4, -0.2) is 30.2 Å². The third-order valence-corrected chi connectivity index (χ3v) is 12.2. The van der Waals surface area contributed by atoms with Crippen molar-refractivity contribution in [3.8, 4) is 0 Å². The second kappa shape index (κ2) is 40.7. The highest BCUT2D eigenvalue weighted by atomic mass is 15.4. The molecule has 1 nitrogen and oxygen atoms in total. The average Bonchev–Trinajstić information content (AvgIpc) is 3.10. The first-order valence-corrected chi connectivity index (χ1v) is 24.0. The van der Waals surface area contributed by atoms with Crippen LogP contribution in [0.2, 0.25) is 0 Å². The minimum absolute atomic E-state index is 0.784. The van der Waals surface area contributed by atoms with E-state index in [2.05, 4.69) is 34.6 Å². The lowest BCUT2D eigenvalue weighted by atomic mass is 10.0. The number of quaternary nitrogens is 1. The summed E-state index contributed by atoms with van der Waals surface area (Å²) in [7, 11) is 0. The van der Waals surface area contributed by atoms with Gasteiger partial charge in [-0.1, -0.05) is 233 Å². The fourth-order valence-electron chi connectivity index (χ4n) is 8.44. The van der Waals surface area contributed by atoms with E-state index in [9.17, 15) is 0 Å². The van der Waals surface area contributed by atoms with Crippen molar-refractivity contribution in [2.75, 3.05) is 19.6 Å². The summed E-state index contributed by atoms with van der Waals surface area (Å²) in [6.45, 7) is 16.4. The summed E-state index contributed by atoms with van der Waals surface area (Å²) in [5, 5.41) is 0. The minimum atomic E-state index is 0.784. The fourth-order valence-corrected chi connectivity index (χ4v) is 8.44. The molecule has 0 aliphatic carbocycles. The van der Waals surface area contributed by atoms with Crippen LogP contribution in [0.1, 0.15) is 285 Å². The first-order valence-electron chi connectivity index (χ1n) is 24.0. The van der Waals surface area contributed by atoms with Gasteiger partial charge in [-0.3, -0.25) is 0 Å². The van der Waals surface area contributed by atoms with Crippen molar-refractivity contribution in [3.05, 3.63) is 0 Å². The Kier molecular flexibility index (Phi) is 40.7. The number of hydrogen-bond acceptors (Lipinski definition) is 0. The Hall–Kier alpha value is -0.0400. The summed E-state index contributed by atoms with van der Waals surface area (Å²) in [6, 6.07) is 0.784. The second-order valence-electron chi connectivity index (χ2n) is 17.2. The van der Waals surface area contributed by atoms with Crippen LogP contribution in [0.15, 0.2) is 0 Å². The van der Waals surface area contributed by atoms with Gasteiger partial charge >= 0.3 is 0 Å². The number of rotatable bonds is 43. The molecule has 0 aromatic rings. The molecule has 0 saturated carbocycles.